The normalized spacial score (nSPS) is 10.6. The number of benzene rings is 1. The Bertz CT molecular complexity index is 875. The molecule has 0 aliphatic rings. The maximum absolute atomic E-state index is 11.8. The van der Waals surface area contributed by atoms with Crippen molar-refractivity contribution in [2.24, 2.45) is 0 Å². The van der Waals surface area contributed by atoms with Crippen LogP contribution in [0.1, 0.15) is 19.8 Å². The van der Waals surface area contributed by atoms with Crippen LogP contribution in [-0.4, -0.2) is 34.3 Å². The van der Waals surface area contributed by atoms with Gasteiger partial charge in [0, 0.05) is 12.1 Å². The molecular weight excluding hydrogens is 318 g/mol. The molecule has 2 N–H and O–H groups in total. The minimum atomic E-state index is -0.259. The van der Waals surface area contributed by atoms with Crippen molar-refractivity contribution in [2.45, 2.75) is 19.8 Å². The Morgan fingerprint density at radius 3 is 2.96 bits per heavy atom. The highest BCUT2D eigenvalue weighted by molar-refractivity contribution is 5.88. The van der Waals surface area contributed by atoms with Gasteiger partial charge in [0.15, 0.2) is 11.5 Å². The zero-order valence-electron chi connectivity index (χ0n) is 14.3. The molecule has 0 saturated heterocycles. The monoisotopic (exact) mass is 339 g/mol. The maximum Gasteiger partial charge on any atom is 0.320 e. The molecule has 0 radical (unpaired) electrons. The fourth-order valence-electron chi connectivity index (χ4n) is 2.42. The van der Waals surface area contributed by atoms with Gasteiger partial charge in [-0.15, -0.1) is 0 Å². The van der Waals surface area contributed by atoms with E-state index in [1.807, 2.05) is 36.4 Å². The molecule has 0 atom stereocenters. The van der Waals surface area contributed by atoms with Crippen molar-refractivity contribution in [2.75, 3.05) is 19.0 Å². The Balaban J connectivity index is 1.78. The molecule has 25 heavy (non-hydrogen) atoms. The molecule has 0 spiro atoms. The maximum atomic E-state index is 11.8. The molecule has 3 aromatic rings. The minimum absolute atomic E-state index is 0.259. The molecule has 1 aromatic carbocycles. The van der Waals surface area contributed by atoms with Crippen LogP contribution in [0.5, 0.6) is 5.75 Å². The third kappa shape index (κ3) is 4.06. The number of nitrogens with one attached hydrogen (secondary N) is 2. The van der Waals surface area contributed by atoms with E-state index in [1.165, 1.54) is 0 Å². The molecule has 0 unspecified atom stereocenters. The number of unbranched alkanes of at least 4 members (excludes halogenated alkanes) is 1. The number of anilines is 1. The van der Waals surface area contributed by atoms with Gasteiger partial charge in [-0.1, -0.05) is 25.5 Å². The molecule has 0 fully saturated rings. The minimum Gasteiger partial charge on any atom is -0.497 e. The van der Waals surface area contributed by atoms with Gasteiger partial charge >= 0.3 is 6.03 Å². The first-order chi connectivity index (χ1) is 12.2. The van der Waals surface area contributed by atoms with Gasteiger partial charge in [0.1, 0.15) is 5.75 Å². The third-order valence-corrected chi connectivity index (χ3v) is 3.74. The Morgan fingerprint density at radius 2 is 2.16 bits per heavy atom. The molecule has 2 amide bonds. The number of fused-ring (bicyclic) bond motifs is 1. The highest BCUT2D eigenvalue weighted by Gasteiger charge is 2.08. The smallest absolute Gasteiger partial charge is 0.320 e. The van der Waals surface area contributed by atoms with Gasteiger partial charge in [-0.2, -0.15) is 5.10 Å². The second-order valence-electron chi connectivity index (χ2n) is 5.61. The Morgan fingerprint density at radius 1 is 1.28 bits per heavy atom. The number of carbonyl (C=O) groups is 1. The highest BCUT2D eigenvalue weighted by Crippen LogP contribution is 2.22. The molecule has 7 heteroatoms. The van der Waals surface area contributed by atoms with E-state index in [2.05, 4.69) is 27.6 Å². The van der Waals surface area contributed by atoms with Crippen LogP contribution in [0.4, 0.5) is 10.6 Å². The summed E-state index contributed by atoms with van der Waals surface area (Å²) in [5, 5.41) is 10.1. The topological polar surface area (TPSA) is 80.6 Å². The van der Waals surface area contributed by atoms with Gasteiger partial charge in [-0.3, -0.25) is 5.32 Å². The number of imidazole rings is 1. The number of methoxy groups -OCH3 is 1. The van der Waals surface area contributed by atoms with Crippen molar-refractivity contribution in [1.82, 2.24) is 19.9 Å². The molecular formula is C18H21N5O2. The number of amides is 2. The number of ether oxygens (including phenoxy) is 1. The van der Waals surface area contributed by atoms with Crippen molar-refractivity contribution in [3.63, 3.8) is 0 Å². The Kier molecular flexibility index (Phi) is 5.13. The zero-order valence-corrected chi connectivity index (χ0v) is 14.3. The Labute approximate surface area is 146 Å². The molecule has 7 nitrogen and oxygen atoms in total. The van der Waals surface area contributed by atoms with Gasteiger partial charge in [0.25, 0.3) is 0 Å². The molecule has 2 aromatic heterocycles. The summed E-state index contributed by atoms with van der Waals surface area (Å²) >= 11 is 0. The number of nitrogens with zero attached hydrogens (tertiary/aromatic N) is 3. The van der Waals surface area contributed by atoms with Crippen LogP contribution in [0.3, 0.4) is 0 Å². The van der Waals surface area contributed by atoms with Crippen LogP contribution in [0.2, 0.25) is 0 Å². The Hall–Kier alpha value is -3.09. The summed E-state index contributed by atoms with van der Waals surface area (Å²) < 4.78 is 6.90. The number of hydrogen-bond donors (Lipinski definition) is 2. The first kappa shape index (κ1) is 16.8. The lowest BCUT2D eigenvalue weighted by Gasteiger charge is -2.04. The number of hydrogen-bond acceptors (Lipinski definition) is 4. The highest BCUT2D eigenvalue weighted by atomic mass is 16.5. The first-order valence-corrected chi connectivity index (χ1v) is 8.25. The van der Waals surface area contributed by atoms with E-state index in [0.29, 0.717) is 18.0 Å². The van der Waals surface area contributed by atoms with Gasteiger partial charge < -0.3 is 10.1 Å². The predicted molar refractivity (Wildman–Crippen MR) is 96.9 cm³/mol. The lowest BCUT2D eigenvalue weighted by atomic mass is 10.1. The lowest BCUT2D eigenvalue weighted by Crippen LogP contribution is -2.29. The summed E-state index contributed by atoms with van der Waals surface area (Å²) in [6, 6.07) is 11.2. The molecule has 130 valence electrons. The SMILES string of the molecule is CCCCNC(=O)Nc1cn2nc(-c3cccc(OC)c3)ccc2n1. The second kappa shape index (κ2) is 7.65. The van der Waals surface area contributed by atoms with E-state index in [1.54, 1.807) is 17.8 Å². The first-order valence-electron chi connectivity index (χ1n) is 8.25. The van der Waals surface area contributed by atoms with Crippen LogP contribution < -0.4 is 15.4 Å². The van der Waals surface area contributed by atoms with Gasteiger partial charge in [-0.05, 0) is 30.7 Å². The predicted octanol–water partition coefficient (Wildman–Crippen LogP) is 3.33. The average molecular weight is 339 g/mol. The molecule has 2 heterocycles. The molecule has 0 aliphatic heterocycles. The lowest BCUT2D eigenvalue weighted by molar-refractivity contribution is 0.252. The number of rotatable bonds is 6. The number of aromatic nitrogens is 3. The number of urea groups is 1. The summed E-state index contributed by atoms with van der Waals surface area (Å²) in [4.78, 5) is 16.2. The van der Waals surface area contributed by atoms with E-state index < -0.39 is 0 Å². The second-order valence-corrected chi connectivity index (χ2v) is 5.61. The summed E-state index contributed by atoms with van der Waals surface area (Å²) in [5.74, 6) is 1.24. The summed E-state index contributed by atoms with van der Waals surface area (Å²) in [7, 11) is 1.63. The van der Waals surface area contributed by atoms with E-state index >= 15 is 0 Å². The summed E-state index contributed by atoms with van der Waals surface area (Å²) in [6.07, 6.45) is 3.67. The van der Waals surface area contributed by atoms with Crippen molar-refractivity contribution in [3.05, 3.63) is 42.6 Å². The van der Waals surface area contributed by atoms with E-state index in [-0.39, 0.29) is 6.03 Å². The fraction of sp³-hybridized carbons (Fsp3) is 0.278. The molecule has 0 aliphatic carbocycles. The fourth-order valence-corrected chi connectivity index (χ4v) is 2.42. The standard InChI is InChI=1S/C18H21N5O2/c1-3-4-10-19-18(24)21-16-12-23-17(20-16)9-8-15(22-23)13-6-5-7-14(11-13)25-2/h5-9,11-12H,3-4,10H2,1-2H3,(H2,19,21,24). The summed E-state index contributed by atoms with van der Waals surface area (Å²) in [5.41, 5.74) is 2.40. The van der Waals surface area contributed by atoms with Crippen LogP contribution in [0, 0.1) is 0 Å². The quantitative estimate of drug-likeness (QED) is 0.675. The third-order valence-electron chi connectivity index (χ3n) is 3.74. The van der Waals surface area contributed by atoms with Gasteiger partial charge in [0.2, 0.25) is 0 Å². The van der Waals surface area contributed by atoms with Crippen LogP contribution in [-0.2, 0) is 0 Å². The van der Waals surface area contributed by atoms with Crippen molar-refractivity contribution in [3.8, 4) is 17.0 Å². The molecule has 3 rings (SSSR count). The van der Waals surface area contributed by atoms with Crippen molar-refractivity contribution >= 4 is 17.5 Å². The van der Waals surface area contributed by atoms with E-state index in [4.69, 9.17) is 4.74 Å². The van der Waals surface area contributed by atoms with Gasteiger partial charge in [0.05, 0.1) is 19.0 Å². The van der Waals surface area contributed by atoms with E-state index in [9.17, 15) is 4.79 Å². The molecule has 0 saturated carbocycles. The number of carbonyl (C=O) groups excluding carboxylic acids is 1. The zero-order chi connectivity index (χ0) is 17.6. The van der Waals surface area contributed by atoms with Crippen molar-refractivity contribution < 1.29 is 9.53 Å². The van der Waals surface area contributed by atoms with Crippen LogP contribution >= 0.6 is 0 Å². The van der Waals surface area contributed by atoms with Crippen LogP contribution in [0.15, 0.2) is 42.6 Å². The molecule has 0 bridgehead atoms. The van der Waals surface area contributed by atoms with E-state index in [0.717, 1.165) is 29.8 Å². The van der Waals surface area contributed by atoms with Gasteiger partial charge in [-0.25, -0.2) is 14.3 Å². The van der Waals surface area contributed by atoms with Crippen LogP contribution in [0.25, 0.3) is 16.9 Å². The summed E-state index contributed by atoms with van der Waals surface area (Å²) in [6.45, 7) is 2.72. The largest absolute Gasteiger partial charge is 0.497 e. The van der Waals surface area contributed by atoms with Crippen molar-refractivity contribution in [1.29, 1.82) is 0 Å². The average Bonchev–Trinajstić information content (AvgIpc) is 3.03.